The molecule has 0 bridgehead atoms. The van der Waals surface area contributed by atoms with Crippen LogP contribution in [0.2, 0.25) is 5.02 Å². The molecule has 3 aromatic rings. The van der Waals surface area contributed by atoms with Crippen molar-refractivity contribution >= 4 is 29.2 Å². The molecule has 0 fully saturated rings. The Labute approximate surface area is 172 Å². The number of aromatic nitrogens is 2. The number of aryl methyl sites for hydroxylation is 1. The van der Waals surface area contributed by atoms with Crippen molar-refractivity contribution in [2.24, 2.45) is 0 Å². The summed E-state index contributed by atoms with van der Waals surface area (Å²) in [5.74, 6) is -1.68. The number of nitrogens with one attached hydrogen (secondary N) is 1. The maximum Gasteiger partial charge on any atom is 0.310 e. The van der Waals surface area contributed by atoms with Crippen molar-refractivity contribution in [1.29, 1.82) is 0 Å². The van der Waals surface area contributed by atoms with Crippen molar-refractivity contribution in [1.82, 2.24) is 9.78 Å². The zero-order chi connectivity index (χ0) is 21.0. The highest BCUT2D eigenvalue weighted by molar-refractivity contribution is 6.31. The minimum Gasteiger partial charge on any atom is -0.455 e. The van der Waals surface area contributed by atoms with Gasteiger partial charge in [-0.25, -0.2) is 9.07 Å². The third-order valence-electron chi connectivity index (χ3n) is 4.33. The number of para-hydroxylation sites is 1. The normalized spacial score (nSPS) is 10.6. The van der Waals surface area contributed by atoms with Gasteiger partial charge in [0, 0.05) is 16.9 Å². The van der Waals surface area contributed by atoms with Crippen LogP contribution in [0.15, 0.2) is 48.5 Å². The standard InChI is InChI=1S/C21H19ClFN3O3/c1-13-17(14(2)26(25-13)16-6-4-3-5-7-16)11-21(28)29-12-20(27)24-15-8-9-19(23)18(22)10-15/h3-10H,11-12H2,1-2H3,(H,24,27). The molecule has 0 unspecified atom stereocenters. The fourth-order valence-corrected chi connectivity index (χ4v) is 3.04. The Hall–Kier alpha value is -3.19. The Bertz CT molecular complexity index is 1050. The molecule has 0 radical (unpaired) electrons. The topological polar surface area (TPSA) is 73.2 Å². The van der Waals surface area contributed by atoms with Gasteiger partial charge in [0.1, 0.15) is 5.82 Å². The number of ether oxygens (including phenoxy) is 1. The molecule has 1 heterocycles. The van der Waals surface area contributed by atoms with E-state index in [0.29, 0.717) is 11.4 Å². The summed E-state index contributed by atoms with van der Waals surface area (Å²) < 4.78 is 20.0. The van der Waals surface area contributed by atoms with Gasteiger partial charge in [-0.1, -0.05) is 29.8 Å². The fraction of sp³-hybridized carbons (Fsp3) is 0.190. The zero-order valence-electron chi connectivity index (χ0n) is 15.9. The summed E-state index contributed by atoms with van der Waals surface area (Å²) >= 11 is 5.67. The van der Waals surface area contributed by atoms with Crippen LogP contribution in [0.1, 0.15) is 17.0 Å². The van der Waals surface area contributed by atoms with Gasteiger partial charge in [-0.3, -0.25) is 9.59 Å². The molecular weight excluding hydrogens is 397 g/mol. The lowest BCUT2D eigenvalue weighted by molar-refractivity contribution is -0.146. The summed E-state index contributed by atoms with van der Waals surface area (Å²) in [5, 5.41) is 6.87. The molecule has 1 aromatic heterocycles. The van der Waals surface area contributed by atoms with Gasteiger partial charge in [0.2, 0.25) is 0 Å². The summed E-state index contributed by atoms with van der Waals surface area (Å²) in [6, 6.07) is 13.4. The molecule has 0 saturated heterocycles. The summed E-state index contributed by atoms with van der Waals surface area (Å²) in [5.41, 5.74) is 3.51. The monoisotopic (exact) mass is 415 g/mol. The van der Waals surface area contributed by atoms with E-state index in [-0.39, 0.29) is 11.4 Å². The number of carbonyl (C=O) groups is 2. The second-order valence-corrected chi connectivity index (χ2v) is 6.82. The predicted octanol–water partition coefficient (Wildman–Crippen LogP) is 4.01. The van der Waals surface area contributed by atoms with Crippen LogP contribution in [0.4, 0.5) is 10.1 Å². The van der Waals surface area contributed by atoms with E-state index in [1.807, 2.05) is 44.2 Å². The van der Waals surface area contributed by atoms with Crippen LogP contribution in [-0.4, -0.2) is 28.3 Å². The lowest BCUT2D eigenvalue weighted by Gasteiger charge is -2.08. The number of hydrogen-bond acceptors (Lipinski definition) is 4. The van der Waals surface area contributed by atoms with Crippen molar-refractivity contribution < 1.29 is 18.7 Å². The Morgan fingerprint density at radius 1 is 1.17 bits per heavy atom. The number of anilines is 1. The molecule has 2 aromatic carbocycles. The van der Waals surface area contributed by atoms with Gasteiger partial charge in [0.25, 0.3) is 5.91 Å². The van der Waals surface area contributed by atoms with Gasteiger partial charge in [-0.15, -0.1) is 0 Å². The number of carbonyl (C=O) groups excluding carboxylic acids is 2. The van der Waals surface area contributed by atoms with E-state index in [2.05, 4.69) is 10.4 Å². The average molecular weight is 416 g/mol. The number of benzene rings is 2. The Kier molecular flexibility index (Phi) is 6.29. The fourth-order valence-electron chi connectivity index (χ4n) is 2.86. The van der Waals surface area contributed by atoms with Crippen molar-refractivity contribution in [2.75, 3.05) is 11.9 Å². The number of esters is 1. The lowest BCUT2D eigenvalue weighted by Crippen LogP contribution is -2.21. The minimum absolute atomic E-state index is 0.000155. The summed E-state index contributed by atoms with van der Waals surface area (Å²) in [6.07, 6.45) is 0.000155. The summed E-state index contributed by atoms with van der Waals surface area (Å²) in [7, 11) is 0. The number of halogens is 2. The molecule has 0 spiro atoms. The van der Waals surface area contributed by atoms with Crippen molar-refractivity contribution in [3.05, 3.63) is 76.3 Å². The highest BCUT2D eigenvalue weighted by Crippen LogP contribution is 2.20. The largest absolute Gasteiger partial charge is 0.455 e. The second kappa shape index (κ2) is 8.87. The molecule has 0 aliphatic heterocycles. The van der Waals surface area contributed by atoms with Gasteiger partial charge in [-0.05, 0) is 44.2 Å². The van der Waals surface area contributed by atoms with E-state index in [1.165, 1.54) is 12.1 Å². The van der Waals surface area contributed by atoms with E-state index in [4.69, 9.17) is 16.3 Å². The highest BCUT2D eigenvalue weighted by Gasteiger charge is 2.17. The first-order valence-corrected chi connectivity index (χ1v) is 9.24. The van der Waals surface area contributed by atoms with Gasteiger partial charge < -0.3 is 10.1 Å². The third-order valence-corrected chi connectivity index (χ3v) is 4.62. The second-order valence-electron chi connectivity index (χ2n) is 6.41. The average Bonchev–Trinajstić information content (AvgIpc) is 2.98. The SMILES string of the molecule is Cc1nn(-c2ccccc2)c(C)c1CC(=O)OCC(=O)Nc1ccc(F)c(Cl)c1. The predicted molar refractivity (Wildman–Crippen MR) is 108 cm³/mol. The van der Waals surface area contributed by atoms with Crippen LogP contribution in [0, 0.1) is 19.7 Å². The number of nitrogens with zero attached hydrogens (tertiary/aromatic N) is 2. The maximum absolute atomic E-state index is 13.2. The van der Waals surface area contributed by atoms with Crippen LogP contribution in [-0.2, 0) is 20.7 Å². The van der Waals surface area contributed by atoms with Gasteiger partial charge in [0.05, 0.1) is 22.8 Å². The smallest absolute Gasteiger partial charge is 0.310 e. The first-order chi connectivity index (χ1) is 13.8. The van der Waals surface area contributed by atoms with E-state index in [0.717, 1.165) is 23.0 Å². The number of rotatable bonds is 6. The molecular formula is C21H19ClFN3O3. The molecule has 6 nitrogen and oxygen atoms in total. The van der Waals surface area contributed by atoms with Crippen molar-refractivity contribution in [3.63, 3.8) is 0 Å². The molecule has 150 valence electrons. The highest BCUT2D eigenvalue weighted by atomic mass is 35.5. The Balaban J connectivity index is 1.59. The molecule has 0 aliphatic carbocycles. The van der Waals surface area contributed by atoms with Crippen LogP contribution < -0.4 is 5.32 Å². The van der Waals surface area contributed by atoms with Crippen LogP contribution in [0.5, 0.6) is 0 Å². The quantitative estimate of drug-likeness (QED) is 0.617. The molecule has 0 saturated carbocycles. The van der Waals surface area contributed by atoms with E-state index >= 15 is 0 Å². The van der Waals surface area contributed by atoms with E-state index in [1.54, 1.807) is 4.68 Å². The molecule has 0 aliphatic rings. The van der Waals surface area contributed by atoms with Crippen LogP contribution >= 0.6 is 11.6 Å². The van der Waals surface area contributed by atoms with Gasteiger partial charge in [-0.2, -0.15) is 5.10 Å². The first kappa shape index (κ1) is 20.5. The maximum atomic E-state index is 13.2. The van der Waals surface area contributed by atoms with Crippen LogP contribution in [0.25, 0.3) is 5.69 Å². The van der Waals surface area contributed by atoms with Gasteiger partial charge >= 0.3 is 5.97 Å². The molecule has 29 heavy (non-hydrogen) atoms. The number of amides is 1. The molecule has 1 N–H and O–H groups in total. The lowest BCUT2D eigenvalue weighted by atomic mass is 10.1. The number of hydrogen-bond donors (Lipinski definition) is 1. The summed E-state index contributed by atoms with van der Waals surface area (Å²) in [4.78, 5) is 24.2. The first-order valence-electron chi connectivity index (χ1n) is 8.86. The third kappa shape index (κ3) is 5.00. The molecule has 8 heteroatoms. The van der Waals surface area contributed by atoms with Crippen molar-refractivity contribution in [2.45, 2.75) is 20.3 Å². The Morgan fingerprint density at radius 2 is 1.90 bits per heavy atom. The minimum atomic E-state index is -0.585. The zero-order valence-corrected chi connectivity index (χ0v) is 16.7. The molecule has 3 rings (SSSR count). The van der Waals surface area contributed by atoms with E-state index < -0.39 is 24.3 Å². The van der Waals surface area contributed by atoms with E-state index in [9.17, 15) is 14.0 Å². The summed E-state index contributed by atoms with van der Waals surface area (Å²) in [6.45, 7) is 3.24. The Morgan fingerprint density at radius 3 is 2.59 bits per heavy atom. The van der Waals surface area contributed by atoms with Gasteiger partial charge in [0.15, 0.2) is 6.61 Å². The molecule has 1 amide bonds. The van der Waals surface area contributed by atoms with Crippen molar-refractivity contribution in [3.8, 4) is 5.69 Å². The van der Waals surface area contributed by atoms with Crippen LogP contribution in [0.3, 0.4) is 0 Å². The molecule has 0 atom stereocenters.